The molecule has 0 N–H and O–H groups in total. The van der Waals surface area contributed by atoms with Crippen molar-refractivity contribution in [2.24, 2.45) is 0 Å². The number of hydrogen-bond donors (Lipinski definition) is 0. The minimum atomic E-state index is -4.10. The molecule has 29 heavy (non-hydrogen) atoms. The first kappa shape index (κ1) is 20.0. The van der Waals surface area contributed by atoms with Gasteiger partial charge in [0.1, 0.15) is 22.3 Å². The molecule has 1 aromatic heterocycles. The molecule has 7 nitrogen and oxygen atoms in total. The summed E-state index contributed by atoms with van der Waals surface area (Å²) in [5.74, 6) is -0.271. The van der Waals surface area contributed by atoms with E-state index in [0.29, 0.717) is 19.0 Å². The smallest absolute Gasteiger partial charge is 0.246 e. The van der Waals surface area contributed by atoms with Gasteiger partial charge in [0.2, 0.25) is 16.0 Å². The fourth-order valence-electron chi connectivity index (χ4n) is 3.73. The van der Waals surface area contributed by atoms with E-state index in [4.69, 9.17) is 0 Å². The summed E-state index contributed by atoms with van der Waals surface area (Å²) >= 11 is 0. The van der Waals surface area contributed by atoms with Crippen molar-refractivity contribution in [1.82, 2.24) is 14.3 Å². The summed E-state index contributed by atoms with van der Waals surface area (Å²) in [6, 6.07) is 4.35. The van der Waals surface area contributed by atoms with Crippen molar-refractivity contribution in [3.63, 3.8) is 0 Å². The zero-order valence-corrected chi connectivity index (χ0v) is 17.0. The molecule has 2 saturated heterocycles. The van der Waals surface area contributed by atoms with Gasteiger partial charge in [0.25, 0.3) is 0 Å². The normalized spacial score (nSPS) is 18.4. The zero-order chi connectivity index (χ0) is 20.6. The Morgan fingerprint density at radius 1 is 0.897 bits per heavy atom. The highest BCUT2D eigenvalue weighted by Crippen LogP contribution is 2.25. The van der Waals surface area contributed by atoms with E-state index in [1.165, 1.54) is 4.31 Å². The second-order valence-corrected chi connectivity index (χ2v) is 9.23. The predicted molar refractivity (Wildman–Crippen MR) is 106 cm³/mol. The van der Waals surface area contributed by atoms with E-state index in [0.717, 1.165) is 55.6 Å². The van der Waals surface area contributed by atoms with Crippen LogP contribution in [0, 0.1) is 18.6 Å². The summed E-state index contributed by atoms with van der Waals surface area (Å²) in [4.78, 5) is 12.7. The van der Waals surface area contributed by atoms with Crippen molar-refractivity contribution < 1.29 is 17.2 Å². The standard InChI is InChI=1S/C19H23F2N5O2S/c1-14-12-18(23-19(22-14)25-6-2-3-7-25)24-8-10-26(11-9-24)29(27,28)17-13-15(20)4-5-16(17)21/h4-5,12-13H,2-3,6-11H2,1H3. The Hall–Kier alpha value is -2.33. The first-order valence-electron chi connectivity index (χ1n) is 9.65. The van der Waals surface area contributed by atoms with Crippen LogP contribution in [-0.2, 0) is 10.0 Å². The van der Waals surface area contributed by atoms with Gasteiger partial charge in [0, 0.05) is 51.0 Å². The number of halogens is 2. The molecule has 1 aromatic carbocycles. The number of hydrogen-bond acceptors (Lipinski definition) is 6. The van der Waals surface area contributed by atoms with Gasteiger partial charge >= 0.3 is 0 Å². The molecule has 2 aromatic rings. The Kier molecular flexibility index (Phi) is 5.39. The number of rotatable bonds is 4. The lowest BCUT2D eigenvalue weighted by atomic mass is 10.3. The third kappa shape index (κ3) is 4.04. The van der Waals surface area contributed by atoms with Crippen LogP contribution in [0.5, 0.6) is 0 Å². The van der Waals surface area contributed by atoms with Crippen LogP contribution in [0.1, 0.15) is 18.5 Å². The first-order chi connectivity index (χ1) is 13.8. The number of nitrogens with zero attached hydrogens (tertiary/aromatic N) is 5. The van der Waals surface area contributed by atoms with Crippen molar-refractivity contribution in [3.8, 4) is 0 Å². The average molecular weight is 423 g/mol. The highest BCUT2D eigenvalue weighted by molar-refractivity contribution is 7.89. The Bertz CT molecular complexity index is 1000. The summed E-state index contributed by atoms with van der Waals surface area (Å²) in [6.45, 7) is 4.94. The lowest BCUT2D eigenvalue weighted by Gasteiger charge is -2.35. The highest BCUT2D eigenvalue weighted by Gasteiger charge is 2.31. The van der Waals surface area contributed by atoms with E-state index >= 15 is 0 Å². The molecular weight excluding hydrogens is 400 g/mol. The molecule has 3 heterocycles. The van der Waals surface area contributed by atoms with E-state index in [-0.39, 0.29) is 13.1 Å². The molecule has 0 amide bonds. The van der Waals surface area contributed by atoms with Crippen molar-refractivity contribution in [3.05, 3.63) is 41.6 Å². The van der Waals surface area contributed by atoms with E-state index in [1.54, 1.807) is 0 Å². The number of anilines is 2. The SMILES string of the molecule is Cc1cc(N2CCN(S(=O)(=O)c3cc(F)ccc3F)CC2)nc(N2CCCC2)n1. The summed E-state index contributed by atoms with van der Waals surface area (Å²) in [5, 5.41) is 0. The van der Waals surface area contributed by atoms with Crippen LogP contribution in [0.3, 0.4) is 0 Å². The van der Waals surface area contributed by atoms with E-state index in [2.05, 4.69) is 14.9 Å². The highest BCUT2D eigenvalue weighted by atomic mass is 32.2. The molecule has 0 atom stereocenters. The lowest BCUT2D eigenvalue weighted by molar-refractivity contribution is 0.381. The Morgan fingerprint density at radius 3 is 2.28 bits per heavy atom. The van der Waals surface area contributed by atoms with Gasteiger partial charge in [-0.3, -0.25) is 0 Å². The van der Waals surface area contributed by atoms with Crippen LogP contribution < -0.4 is 9.80 Å². The average Bonchev–Trinajstić information content (AvgIpc) is 3.24. The number of aromatic nitrogens is 2. The number of benzene rings is 1. The molecule has 0 aliphatic carbocycles. The summed E-state index contributed by atoms with van der Waals surface area (Å²) in [5.41, 5.74) is 0.855. The number of piperazine rings is 1. The van der Waals surface area contributed by atoms with Crippen LogP contribution in [0.2, 0.25) is 0 Å². The maximum Gasteiger partial charge on any atom is 0.246 e. The molecule has 2 aliphatic heterocycles. The maximum atomic E-state index is 14.0. The Balaban J connectivity index is 1.50. The Morgan fingerprint density at radius 2 is 1.59 bits per heavy atom. The van der Waals surface area contributed by atoms with Gasteiger partial charge in [0.05, 0.1) is 0 Å². The Labute approximate surface area is 169 Å². The molecule has 10 heteroatoms. The van der Waals surface area contributed by atoms with Crippen LogP contribution in [-0.4, -0.2) is 62.0 Å². The van der Waals surface area contributed by atoms with E-state index in [1.807, 2.05) is 17.9 Å². The van der Waals surface area contributed by atoms with Gasteiger partial charge in [-0.25, -0.2) is 22.2 Å². The van der Waals surface area contributed by atoms with E-state index in [9.17, 15) is 17.2 Å². The summed E-state index contributed by atoms with van der Waals surface area (Å²) in [6.07, 6.45) is 2.25. The number of sulfonamides is 1. The zero-order valence-electron chi connectivity index (χ0n) is 16.2. The molecule has 156 valence electrons. The minimum absolute atomic E-state index is 0.167. The van der Waals surface area contributed by atoms with Crippen LogP contribution in [0.15, 0.2) is 29.2 Å². The second kappa shape index (κ2) is 7.83. The van der Waals surface area contributed by atoms with Crippen molar-refractivity contribution >= 4 is 21.8 Å². The molecule has 0 saturated carbocycles. The first-order valence-corrected chi connectivity index (χ1v) is 11.1. The molecule has 0 unspecified atom stereocenters. The minimum Gasteiger partial charge on any atom is -0.354 e. The van der Waals surface area contributed by atoms with Crippen LogP contribution >= 0.6 is 0 Å². The lowest BCUT2D eigenvalue weighted by Crippen LogP contribution is -2.49. The van der Waals surface area contributed by atoms with Crippen molar-refractivity contribution in [1.29, 1.82) is 0 Å². The van der Waals surface area contributed by atoms with Gasteiger partial charge < -0.3 is 9.80 Å². The molecule has 0 spiro atoms. The molecule has 2 fully saturated rings. The summed E-state index contributed by atoms with van der Waals surface area (Å²) in [7, 11) is -4.10. The van der Waals surface area contributed by atoms with Gasteiger partial charge in [-0.15, -0.1) is 0 Å². The maximum absolute atomic E-state index is 14.0. The monoisotopic (exact) mass is 423 g/mol. The fraction of sp³-hybridized carbons (Fsp3) is 0.474. The largest absolute Gasteiger partial charge is 0.354 e. The van der Waals surface area contributed by atoms with E-state index < -0.39 is 26.6 Å². The molecular formula is C19H23F2N5O2S. The third-order valence-corrected chi connectivity index (χ3v) is 7.21. The molecule has 2 aliphatic rings. The van der Waals surface area contributed by atoms with Crippen molar-refractivity contribution in [2.75, 3.05) is 49.1 Å². The fourth-order valence-corrected chi connectivity index (χ4v) is 5.23. The molecule has 0 radical (unpaired) electrons. The van der Waals surface area contributed by atoms with Gasteiger partial charge in [-0.1, -0.05) is 0 Å². The molecule has 0 bridgehead atoms. The topological polar surface area (TPSA) is 69.6 Å². The third-order valence-electron chi connectivity index (χ3n) is 5.29. The van der Waals surface area contributed by atoms with Crippen LogP contribution in [0.4, 0.5) is 20.5 Å². The van der Waals surface area contributed by atoms with Gasteiger partial charge in [0.15, 0.2) is 0 Å². The quantitative estimate of drug-likeness (QED) is 0.751. The second-order valence-electron chi connectivity index (χ2n) is 7.33. The molecule has 4 rings (SSSR count). The van der Waals surface area contributed by atoms with Crippen molar-refractivity contribution in [2.45, 2.75) is 24.7 Å². The van der Waals surface area contributed by atoms with Gasteiger partial charge in [-0.2, -0.15) is 9.29 Å². The number of aryl methyl sites for hydroxylation is 1. The van der Waals surface area contributed by atoms with Crippen LogP contribution in [0.25, 0.3) is 0 Å². The van der Waals surface area contributed by atoms with Gasteiger partial charge in [-0.05, 0) is 38.0 Å². The predicted octanol–water partition coefficient (Wildman–Crippen LogP) is 2.17. The summed E-state index contributed by atoms with van der Waals surface area (Å²) < 4.78 is 54.1.